The molecule has 2 heterocycles. The van der Waals surface area contributed by atoms with Crippen LogP contribution in [0.25, 0.3) is 11.8 Å². The average Bonchev–Trinajstić information content (AvgIpc) is 3.35. The summed E-state index contributed by atoms with van der Waals surface area (Å²) in [5.41, 5.74) is 2.40. The highest BCUT2D eigenvalue weighted by atomic mass is 32.1. The summed E-state index contributed by atoms with van der Waals surface area (Å²) in [6.45, 7) is 6.02. The lowest BCUT2D eigenvalue weighted by Gasteiger charge is -2.26. The molecule has 0 saturated heterocycles. The number of thiazole rings is 1. The van der Waals surface area contributed by atoms with Crippen molar-refractivity contribution in [3.8, 4) is 11.5 Å². The van der Waals surface area contributed by atoms with Crippen molar-refractivity contribution in [2.45, 2.75) is 26.8 Å². The lowest BCUT2D eigenvalue weighted by atomic mass is 9.93. The zero-order chi connectivity index (χ0) is 31.1. The van der Waals surface area contributed by atoms with E-state index in [1.165, 1.54) is 15.9 Å². The minimum Gasteiger partial charge on any atom is -0.494 e. The van der Waals surface area contributed by atoms with E-state index in [0.29, 0.717) is 44.3 Å². The Labute approximate surface area is 258 Å². The number of aromatic nitrogens is 1. The number of fused-ring (bicyclic) bond motifs is 1. The van der Waals surface area contributed by atoms with E-state index in [9.17, 15) is 14.4 Å². The highest BCUT2D eigenvalue weighted by Crippen LogP contribution is 2.35. The van der Waals surface area contributed by atoms with E-state index in [-0.39, 0.29) is 31.0 Å². The van der Waals surface area contributed by atoms with Crippen molar-refractivity contribution >= 4 is 35.0 Å². The fourth-order valence-electron chi connectivity index (χ4n) is 4.88. The van der Waals surface area contributed by atoms with Crippen molar-refractivity contribution in [1.29, 1.82) is 0 Å². The maximum Gasteiger partial charge on any atom is 0.344 e. The third-order valence-corrected chi connectivity index (χ3v) is 7.72. The second kappa shape index (κ2) is 14.0. The summed E-state index contributed by atoms with van der Waals surface area (Å²) < 4.78 is 23.8. The topological polar surface area (TPSA) is 105 Å². The Hall–Kier alpha value is -4.96. The Morgan fingerprint density at radius 3 is 2.27 bits per heavy atom. The van der Waals surface area contributed by atoms with E-state index in [1.54, 1.807) is 38.1 Å². The molecular formula is C34H32N2O7S. The molecule has 3 aromatic carbocycles. The van der Waals surface area contributed by atoms with Gasteiger partial charge in [-0.3, -0.25) is 9.36 Å². The van der Waals surface area contributed by atoms with Gasteiger partial charge in [0, 0.05) is 11.1 Å². The SMILES string of the molecule is CCOC(=O)COc1ccccc1/C=c1\sc2n(c1=O)[C@H](c1ccc(OCC)cc1)C(C(=O)OCC)=C(c1ccccc1)N=2. The average molecular weight is 613 g/mol. The van der Waals surface area contributed by atoms with Crippen LogP contribution in [-0.4, -0.2) is 42.9 Å². The Bertz CT molecular complexity index is 1860. The molecule has 1 aliphatic heterocycles. The van der Waals surface area contributed by atoms with Crippen molar-refractivity contribution in [1.82, 2.24) is 4.57 Å². The molecule has 44 heavy (non-hydrogen) atoms. The minimum absolute atomic E-state index is 0.160. The van der Waals surface area contributed by atoms with Gasteiger partial charge in [-0.25, -0.2) is 14.6 Å². The lowest BCUT2D eigenvalue weighted by Crippen LogP contribution is -2.40. The molecule has 1 aromatic heterocycles. The van der Waals surface area contributed by atoms with Crippen LogP contribution in [-0.2, 0) is 19.1 Å². The van der Waals surface area contributed by atoms with E-state index in [2.05, 4.69) is 0 Å². The summed E-state index contributed by atoms with van der Waals surface area (Å²) in [6.07, 6.45) is 1.70. The normalized spacial score (nSPS) is 14.4. The van der Waals surface area contributed by atoms with Crippen LogP contribution in [0, 0.1) is 0 Å². The molecule has 0 radical (unpaired) electrons. The number of hydrogen-bond donors (Lipinski definition) is 0. The molecule has 0 fully saturated rings. The first kappa shape index (κ1) is 30.5. The zero-order valence-corrected chi connectivity index (χ0v) is 25.5. The molecule has 0 saturated carbocycles. The second-order valence-electron chi connectivity index (χ2n) is 9.57. The van der Waals surface area contributed by atoms with Gasteiger partial charge in [0.25, 0.3) is 5.56 Å². The monoisotopic (exact) mass is 612 g/mol. The van der Waals surface area contributed by atoms with Crippen LogP contribution in [0.1, 0.15) is 43.5 Å². The predicted octanol–water partition coefficient (Wildman–Crippen LogP) is 4.28. The third-order valence-electron chi connectivity index (χ3n) is 6.74. The summed E-state index contributed by atoms with van der Waals surface area (Å²) in [5.74, 6) is 0.0533. The largest absolute Gasteiger partial charge is 0.494 e. The Balaban J connectivity index is 1.71. The molecule has 9 nitrogen and oxygen atoms in total. The molecular weight excluding hydrogens is 580 g/mol. The Morgan fingerprint density at radius 1 is 0.864 bits per heavy atom. The number of benzene rings is 3. The van der Waals surface area contributed by atoms with Crippen molar-refractivity contribution in [3.05, 3.63) is 121 Å². The summed E-state index contributed by atoms with van der Waals surface area (Å²) >= 11 is 1.20. The maximum atomic E-state index is 14.2. The Morgan fingerprint density at radius 2 is 1.57 bits per heavy atom. The standard InChI is InChI=1S/C34H32N2O7S/c1-4-40-25-18-16-23(17-19-25)31-29(33(39)42-6-3)30(22-12-8-7-9-13-22)35-34-36(31)32(38)27(44-34)20-24-14-10-11-15-26(24)43-21-28(37)41-5-2/h7-20,31H,4-6,21H2,1-3H3/b27-20-/t31-/m1/s1. The maximum absolute atomic E-state index is 14.2. The zero-order valence-electron chi connectivity index (χ0n) is 24.6. The van der Waals surface area contributed by atoms with Crippen LogP contribution in [0.4, 0.5) is 0 Å². The number of ether oxygens (including phenoxy) is 4. The van der Waals surface area contributed by atoms with E-state index < -0.39 is 18.0 Å². The van der Waals surface area contributed by atoms with Crippen LogP contribution in [0.15, 0.2) is 94.2 Å². The number of carbonyl (C=O) groups is 2. The van der Waals surface area contributed by atoms with Crippen LogP contribution >= 0.6 is 11.3 Å². The molecule has 0 N–H and O–H groups in total. The molecule has 5 rings (SSSR count). The number of hydrogen-bond acceptors (Lipinski definition) is 9. The molecule has 1 atom stereocenters. The number of rotatable bonds is 11. The van der Waals surface area contributed by atoms with Gasteiger partial charge < -0.3 is 18.9 Å². The number of carbonyl (C=O) groups excluding carboxylic acids is 2. The second-order valence-corrected chi connectivity index (χ2v) is 10.6. The van der Waals surface area contributed by atoms with Gasteiger partial charge in [0.1, 0.15) is 11.5 Å². The summed E-state index contributed by atoms with van der Waals surface area (Å²) in [5, 5.41) is 0. The fraction of sp³-hybridized carbons (Fsp3) is 0.235. The smallest absolute Gasteiger partial charge is 0.344 e. The predicted molar refractivity (Wildman–Crippen MR) is 167 cm³/mol. The first-order valence-corrected chi connectivity index (χ1v) is 15.1. The summed E-state index contributed by atoms with van der Waals surface area (Å²) in [6, 6.07) is 23.0. The van der Waals surface area contributed by atoms with Gasteiger partial charge >= 0.3 is 11.9 Å². The minimum atomic E-state index is -0.811. The summed E-state index contributed by atoms with van der Waals surface area (Å²) in [4.78, 5) is 45.0. The molecule has 0 spiro atoms. The molecule has 0 unspecified atom stereocenters. The fourth-order valence-corrected chi connectivity index (χ4v) is 5.87. The van der Waals surface area contributed by atoms with Gasteiger partial charge in [0.05, 0.1) is 41.7 Å². The first-order chi connectivity index (χ1) is 21.4. The van der Waals surface area contributed by atoms with E-state index in [1.807, 2.05) is 67.6 Å². The molecule has 1 aliphatic rings. The van der Waals surface area contributed by atoms with Crippen LogP contribution in [0.5, 0.6) is 11.5 Å². The molecule has 226 valence electrons. The first-order valence-electron chi connectivity index (χ1n) is 14.3. The highest BCUT2D eigenvalue weighted by Gasteiger charge is 2.35. The van der Waals surface area contributed by atoms with Gasteiger partial charge in [-0.2, -0.15) is 0 Å². The van der Waals surface area contributed by atoms with Crippen LogP contribution in [0.2, 0.25) is 0 Å². The van der Waals surface area contributed by atoms with Gasteiger partial charge in [0.2, 0.25) is 0 Å². The van der Waals surface area contributed by atoms with Gasteiger partial charge in [-0.05, 0) is 50.6 Å². The van der Waals surface area contributed by atoms with E-state index >= 15 is 0 Å². The quantitative estimate of drug-likeness (QED) is 0.233. The number of para-hydroxylation sites is 1. The van der Waals surface area contributed by atoms with Gasteiger partial charge in [-0.1, -0.05) is 72.0 Å². The van der Waals surface area contributed by atoms with E-state index in [0.717, 1.165) is 5.56 Å². The third kappa shape index (κ3) is 6.50. The van der Waals surface area contributed by atoms with E-state index in [4.69, 9.17) is 23.9 Å². The summed E-state index contributed by atoms with van der Waals surface area (Å²) in [7, 11) is 0. The number of nitrogens with zero attached hydrogens (tertiary/aromatic N) is 2. The molecule has 4 aromatic rings. The Kier molecular flexibility index (Phi) is 9.71. The molecule has 0 amide bonds. The van der Waals surface area contributed by atoms with Crippen LogP contribution < -0.4 is 24.4 Å². The molecule has 10 heteroatoms. The molecule has 0 aliphatic carbocycles. The molecule has 0 bridgehead atoms. The van der Waals surface area contributed by atoms with Crippen LogP contribution in [0.3, 0.4) is 0 Å². The van der Waals surface area contributed by atoms with Crippen molar-refractivity contribution < 1.29 is 28.5 Å². The lowest BCUT2D eigenvalue weighted by molar-refractivity contribution is -0.145. The highest BCUT2D eigenvalue weighted by molar-refractivity contribution is 7.07. The van der Waals surface area contributed by atoms with Crippen molar-refractivity contribution in [2.24, 2.45) is 4.99 Å². The van der Waals surface area contributed by atoms with Crippen molar-refractivity contribution in [3.63, 3.8) is 0 Å². The van der Waals surface area contributed by atoms with Crippen molar-refractivity contribution in [2.75, 3.05) is 26.4 Å². The number of esters is 2. The van der Waals surface area contributed by atoms with Gasteiger partial charge in [-0.15, -0.1) is 0 Å². The van der Waals surface area contributed by atoms with Gasteiger partial charge in [0.15, 0.2) is 11.4 Å².